The third kappa shape index (κ3) is 3.85. The average molecular weight is 232 g/mol. The van der Waals surface area contributed by atoms with Crippen molar-refractivity contribution in [1.29, 1.82) is 0 Å². The molecular weight excluding hydrogens is 223 g/mol. The summed E-state index contributed by atoms with van der Waals surface area (Å²) in [5.41, 5.74) is -0.904. The van der Waals surface area contributed by atoms with E-state index < -0.39 is 30.1 Å². The van der Waals surface area contributed by atoms with Crippen LogP contribution in [0.15, 0.2) is 12.2 Å². The van der Waals surface area contributed by atoms with Crippen molar-refractivity contribution in [3.63, 3.8) is 0 Å². The number of esters is 1. The molecule has 0 aliphatic heterocycles. The molecule has 88 valence electrons. The van der Waals surface area contributed by atoms with E-state index in [0.29, 0.717) is 0 Å². The molecule has 0 fully saturated rings. The number of hydrogen-bond acceptors (Lipinski definition) is 2. The Balaban J connectivity index is 4.48. The van der Waals surface area contributed by atoms with Gasteiger partial charge in [-0.25, -0.2) is 4.79 Å². The van der Waals surface area contributed by atoms with Crippen molar-refractivity contribution < 1.29 is 31.5 Å². The van der Waals surface area contributed by atoms with E-state index in [4.69, 9.17) is 0 Å². The van der Waals surface area contributed by atoms with Gasteiger partial charge in [-0.3, -0.25) is 0 Å². The minimum absolute atomic E-state index is 0.116. The van der Waals surface area contributed by atoms with Crippen molar-refractivity contribution in [2.24, 2.45) is 0 Å². The first-order valence-electron chi connectivity index (χ1n) is 3.91. The van der Waals surface area contributed by atoms with Crippen molar-refractivity contribution >= 4 is 5.97 Å². The zero-order valence-electron chi connectivity index (χ0n) is 7.83. The maximum atomic E-state index is 12.4. The minimum atomic E-state index is -5.69. The van der Waals surface area contributed by atoms with Crippen molar-refractivity contribution in [3.8, 4) is 0 Å². The van der Waals surface area contributed by atoms with E-state index >= 15 is 0 Å². The summed E-state index contributed by atoms with van der Waals surface area (Å²) < 4.78 is 64.1. The molecule has 0 unspecified atom stereocenters. The van der Waals surface area contributed by atoms with Gasteiger partial charge in [-0.2, -0.15) is 22.0 Å². The predicted molar refractivity (Wildman–Crippen MR) is 41.4 cm³/mol. The zero-order valence-corrected chi connectivity index (χ0v) is 7.83. The Kier molecular flexibility index (Phi) is 4.24. The SMILES string of the molecule is C=C(CC(F)(F)C(F)(F)F)C(=O)OCC. The molecule has 0 bridgehead atoms. The van der Waals surface area contributed by atoms with Gasteiger partial charge < -0.3 is 4.74 Å². The standard InChI is InChI=1S/C8H9F5O2/c1-3-15-6(14)5(2)4-7(9,10)8(11,12)13/h2-4H2,1H3. The van der Waals surface area contributed by atoms with Crippen LogP contribution in [0.5, 0.6) is 0 Å². The monoisotopic (exact) mass is 232 g/mol. The highest BCUT2D eigenvalue weighted by Crippen LogP contribution is 2.39. The van der Waals surface area contributed by atoms with E-state index in [1.54, 1.807) is 0 Å². The number of carbonyl (C=O) groups is 1. The maximum Gasteiger partial charge on any atom is 0.453 e. The van der Waals surface area contributed by atoms with Crippen LogP contribution in [0.4, 0.5) is 22.0 Å². The fraction of sp³-hybridized carbons (Fsp3) is 0.625. The summed E-state index contributed by atoms with van der Waals surface area (Å²) in [6.45, 7) is 4.10. The molecule has 0 N–H and O–H groups in total. The lowest BCUT2D eigenvalue weighted by molar-refractivity contribution is -0.281. The molecule has 7 heteroatoms. The van der Waals surface area contributed by atoms with Gasteiger partial charge in [0.1, 0.15) is 0 Å². The number of carbonyl (C=O) groups excluding carboxylic acids is 1. The number of halogens is 5. The zero-order chi connectivity index (χ0) is 12.3. The molecule has 0 aliphatic carbocycles. The summed E-state index contributed by atoms with van der Waals surface area (Å²) in [6, 6.07) is 0. The molecule has 0 radical (unpaired) electrons. The third-order valence-corrected chi connectivity index (χ3v) is 1.41. The molecule has 0 rings (SSSR count). The molecule has 0 aliphatic rings. The quantitative estimate of drug-likeness (QED) is 0.423. The van der Waals surface area contributed by atoms with Gasteiger partial charge in [0.2, 0.25) is 0 Å². The Labute approximate surface area is 82.7 Å². The number of rotatable bonds is 4. The van der Waals surface area contributed by atoms with Crippen LogP contribution in [0.2, 0.25) is 0 Å². The van der Waals surface area contributed by atoms with Gasteiger partial charge >= 0.3 is 18.1 Å². The second-order valence-corrected chi connectivity index (χ2v) is 2.70. The van der Waals surface area contributed by atoms with Crippen LogP contribution < -0.4 is 0 Å². The van der Waals surface area contributed by atoms with E-state index in [1.807, 2.05) is 0 Å². The Morgan fingerprint density at radius 2 is 1.73 bits per heavy atom. The van der Waals surface area contributed by atoms with Crippen LogP contribution in [0.3, 0.4) is 0 Å². The smallest absolute Gasteiger partial charge is 0.453 e. The first-order chi connectivity index (χ1) is 6.62. The molecule has 0 atom stereocenters. The summed E-state index contributed by atoms with van der Waals surface area (Å²) in [4.78, 5) is 10.7. The molecule has 0 heterocycles. The highest BCUT2D eigenvalue weighted by atomic mass is 19.4. The largest absolute Gasteiger partial charge is 0.463 e. The maximum absolute atomic E-state index is 12.4. The Morgan fingerprint density at radius 3 is 2.07 bits per heavy atom. The Morgan fingerprint density at radius 1 is 1.27 bits per heavy atom. The van der Waals surface area contributed by atoms with Crippen LogP contribution >= 0.6 is 0 Å². The lowest BCUT2D eigenvalue weighted by Gasteiger charge is -2.19. The van der Waals surface area contributed by atoms with Crippen LogP contribution in [0.1, 0.15) is 13.3 Å². The van der Waals surface area contributed by atoms with Gasteiger partial charge in [0, 0.05) is 5.57 Å². The summed E-state index contributed by atoms with van der Waals surface area (Å²) in [5.74, 6) is -6.21. The number of hydrogen-bond donors (Lipinski definition) is 0. The lowest BCUT2D eigenvalue weighted by Crippen LogP contribution is -2.37. The molecule has 0 saturated heterocycles. The molecule has 0 aromatic carbocycles. The van der Waals surface area contributed by atoms with Gasteiger partial charge in [-0.15, -0.1) is 0 Å². The third-order valence-electron chi connectivity index (χ3n) is 1.41. The van der Waals surface area contributed by atoms with Gasteiger partial charge in [-0.1, -0.05) is 6.58 Å². The summed E-state index contributed by atoms with van der Waals surface area (Å²) in [5, 5.41) is 0. The van der Waals surface area contributed by atoms with E-state index in [0.717, 1.165) is 0 Å². The van der Waals surface area contributed by atoms with Gasteiger partial charge in [0.15, 0.2) is 0 Å². The number of ether oxygens (including phenoxy) is 1. The fourth-order valence-electron chi connectivity index (χ4n) is 0.674. The minimum Gasteiger partial charge on any atom is -0.463 e. The Bertz CT molecular complexity index is 256. The molecule has 0 spiro atoms. The molecular formula is C8H9F5O2. The first-order valence-corrected chi connectivity index (χ1v) is 3.91. The van der Waals surface area contributed by atoms with Crippen molar-refractivity contribution in [2.75, 3.05) is 6.61 Å². The van der Waals surface area contributed by atoms with Crippen LogP contribution in [-0.2, 0) is 9.53 Å². The Hall–Kier alpha value is -1.14. The summed E-state index contributed by atoms with van der Waals surface area (Å²) in [6.07, 6.45) is -7.47. The van der Waals surface area contributed by atoms with Crippen LogP contribution in [0.25, 0.3) is 0 Å². The van der Waals surface area contributed by atoms with Crippen LogP contribution in [-0.4, -0.2) is 24.7 Å². The average Bonchev–Trinajstić information content (AvgIpc) is 2.01. The molecule has 0 saturated carbocycles. The van der Waals surface area contributed by atoms with E-state index in [1.165, 1.54) is 6.92 Å². The molecule has 0 amide bonds. The summed E-state index contributed by atoms with van der Waals surface area (Å²) >= 11 is 0. The number of alkyl halides is 5. The van der Waals surface area contributed by atoms with E-state index in [9.17, 15) is 26.7 Å². The van der Waals surface area contributed by atoms with Gasteiger partial charge in [0.25, 0.3) is 0 Å². The second-order valence-electron chi connectivity index (χ2n) is 2.70. The summed E-state index contributed by atoms with van der Waals surface area (Å²) in [7, 11) is 0. The second kappa shape index (κ2) is 4.59. The van der Waals surface area contributed by atoms with Crippen molar-refractivity contribution in [3.05, 3.63) is 12.2 Å². The molecule has 2 nitrogen and oxygen atoms in total. The topological polar surface area (TPSA) is 26.3 Å². The van der Waals surface area contributed by atoms with Gasteiger partial charge in [-0.05, 0) is 6.92 Å². The highest BCUT2D eigenvalue weighted by molar-refractivity contribution is 5.87. The molecule has 15 heavy (non-hydrogen) atoms. The van der Waals surface area contributed by atoms with Crippen LogP contribution in [0, 0.1) is 0 Å². The fourth-order valence-corrected chi connectivity index (χ4v) is 0.674. The van der Waals surface area contributed by atoms with Crippen molar-refractivity contribution in [1.82, 2.24) is 0 Å². The molecule has 0 aromatic heterocycles. The van der Waals surface area contributed by atoms with E-state index in [2.05, 4.69) is 11.3 Å². The van der Waals surface area contributed by atoms with Gasteiger partial charge in [0.05, 0.1) is 13.0 Å². The molecule has 0 aromatic rings. The lowest BCUT2D eigenvalue weighted by atomic mass is 10.1. The predicted octanol–water partition coefficient (Wildman–Crippen LogP) is 2.69. The first kappa shape index (κ1) is 13.9. The van der Waals surface area contributed by atoms with Crippen molar-refractivity contribution in [2.45, 2.75) is 25.4 Å². The highest BCUT2D eigenvalue weighted by Gasteiger charge is 2.57. The van der Waals surface area contributed by atoms with E-state index in [-0.39, 0.29) is 6.61 Å². The normalized spacial score (nSPS) is 12.4.